The van der Waals surface area contributed by atoms with Gasteiger partial charge in [0.05, 0.1) is 22.4 Å². The predicted molar refractivity (Wildman–Crippen MR) is 153 cm³/mol. The molecule has 2 aromatic carbocycles. The van der Waals surface area contributed by atoms with Crippen molar-refractivity contribution in [3.05, 3.63) is 106 Å². The van der Waals surface area contributed by atoms with Crippen LogP contribution in [0.4, 0.5) is 11.4 Å². The molecule has 2 atom stereocenters. The Labute approximate surface area is 233 Å². The van der Waals surface area contributed by atoms with Crippen LogP contribution < -0.4 is 15.5 Å². The molecule has 0 saturated carbocycles. The number of aromatic nitrogens is 2. The van der Waals surface area contributed by atoms with Crippen LogP contribution in [0.2, 0.25) is 5.02 Å². The van der Waals surface area contributed by atoms with Crippen LogP contribution in [-0.4, -0.2) is 34.3 Å². The molecule has 10 heteroatoms. The van der Waals surface area contributed by atoms with Crippen LogP contribution in [0.1, 0.15) is 23.5 Å². The minimum absolute atomic E-state index is 0.0569. The molecule has 3 heterocycles. The van der Waals surface area contributed by atoms with E-state index in [0.29, 0.717) is 15.8 Å². The van der Waals surface area contributed by atoms with Gasteiger partial charge in [0.2, 0.25) is 5.91 Å². The van der Waals surface area contributed by atoms with Gasteiger partial charge in [0, 0.05) is 41.0 Å². The number of benzene rings is 2. The van der Waals surface area contributed by atoms with E-state index in [1.54, 1.807) is 18.3 Å². The van der Waals surface area contributed by atoms with Crippen LogP contribution in [0.3, 0.4) is 0 Å². The van der Waals surface area contributed by atoms with Crippen LogP contribution >= 0.6 is 39.7 Å². The molecule has 2 aromatic heterocycles. The van der Waals surface area contributed by atoms with E-state index in [9.17, 15) is 4.79 Å². The summed E-state index contributed by atoms with van der Waals surface area (Å²) < 4.78 is 8.03. The van der Waals surface area contributed by atoms with E-state index in [2.05, 4.69) is 54.3 Å². The summed E-state index contributed by atoms with van der Waals surface area (Å²) >= 11 is 16.0. The first kappa shape index (κ1) is 25.4. The smallest absolute Gasteiger partial charge is 0.250 e. The molecule has 0 bridgehead atoms. The summed E-state index contributed by atoms with van der Waals surface area (Å²) in [5.74, 6) is -0.282. The number of hydrogen-bond acceptors (Lipinski definition) is 4. The SMILES string of the molecule is COCC(=O)Nc1ccc(N2C(=S)N[C@@H](c3ccccn3)[C@H]2c2cccn2-c2cccc(Br)c2)cc1Cl. The third-order valence-electron chi connectivity index (χ3n) is 6.05. The number of carbonyl (C=O) groups excluding carboxylic acids is 1. The van der Waals surface area contributed by atoms with Crippen LogP contribution in [0.25, 0.3) is 5.69 Å². The molecule has 1 aliphatic rings. The van der Waals surface area contributed by atoms with Crippen molar-refractivity contribution in [2.75, 3.05) is 23.9 Å². The van der Waals surface area contributed by atoms with Crippen molar-refractivity contribution in [2.24, 2.45) is 0 Å². The first-order valence-corrected chi connectivity index (χ1v) is 13.1. The lowest BCUT2D eigenvalue weighted by Crippen LogP contribution is -2.30. The van der Waals surface area contributed by atoms with Gasteiger partial charge in [0.25, 0.3) is 0 Å². The lowest BCUT2D eigenvalue weighted by molar-refractivity contribution is -0.119. The average Bonchev–Trinajstić information content (AvgIpc) is 3.50. The van der Waals surface area contributed by atoms with E-state index in [-0.39, 0.29) is 24.6 Å². The molecule has 4 aromatic rings. The highest BCUT2D eigenvalue weighted by Crippen LogP contribution is 2.43. The Balaban J connectivity index is 1.59. The maximum atomic E-state index is 12.0. The zero-order valence-electron chi connectivity index (χ0n) is 19.8. The normalized spacial score (nSPS) is 17.1. The van der Waals surface area contributed by atoms with Crippen molar-refractivity contribution in [3.8, 4) is 5.69 Å². The summed E-state index contributed by atoms with van der Waals surface area (Å²) in [7, 11) is 1.47. The summed E-state index contributed by atoms with van der Waals surface area (Å²) in [6, 6.07) is 23.1. The molecule has 1 amide bonds. The lowest BCUT2D eigenvalue weighted by atomic mass is 10.0. The first-order valence-electron chi connectivity index (χ1n) is 11.5. The van der Waals surface area contributed by atoms with Gasteiger partial charge >= 0.3 is 0 Å². The van der Waals surface area contributed by atoms with Crippen molar-refractivity contribution in [3.63, 3.8) is 0 Å². The zero-order chi connectivity index (χ0) is 25.9. The maximum absolute atomic E-state index is 12.0. The zero-order valence-corrected chi connectivity index (χ0v) is 22.9. The van der Waals surface area contributed by atoms with Crippen molar-refractivity contribution in [1.82, 2.24) is 14.9 Å². The van der Waals surface area contributed by atoms with E-state index in [1.807, 2.05) is 53.6 Å². The van der Waals surface area contributed by atoms with Gasteiger partial charge in [-0.1, -0.05) is 39.7 Å². The van der Waals surface area contributed by atoms with Crippen molar-refractivity contribution < 1.29 is 9.53 Å². The van der Waals surface area contributed by atoms with Gasteiger partial charge in [-0.3, -0.25) is 9.78 Å². The summed E-state index contributed by atoms with van der Waals surface area (Å²) in [6.07, 6.45) is 3.81. The van der Waals surface area contributed by atoms with E-state index in [4.69, 9.17) is 28.6 Å². The number of methoxy groups -OCH3 is 1. The second-order valence-corrected chi connectivity index (χ2v) is 10.1. The third-order valence-corrected chi connectivity index (χ3v) is 7.17. The Bertz CT molecular complexity index is 1450. The molecule has 5 rings (SSSR count). The minimum Gasteiger partial charge on any atom is -0.375 e. The Hall–Kier alpha value is -3.24. The molecule has 0 unspecified atom stereocenters. The number of amides is 1. The van der Waals surface area contributed by atoms with E-state index < -0.39 is 0 Å². The molecule has 1 aliphatic heterocycles. The van der Waals surface area contributed by atoms with Crippen LogP contribution in [-0.2, 0) is 9.53 Å². The molecule has 37 heavy (non-hydrogen) atoms. The molecular formula is C27H23BrClN5O2S. The minimum atomic E-state index is -0.282. The molecule has 1 saturated heterocycles. The van der Waals surface area contributed by atoms with Gasteiger partial charge in [0.1, 0.15) is 12.6 Å². The van der Waals surface area contributed by atoms with Gasteiger partial charge in [-0.2, -0.15) is 0 Å². The largest absolute Gasteiger partial charge is 0.375 e. The highest BCUT2D eigenvalue weighted by Gasteiger charge is 2.42. The van der Waals surface area contributed by atoms with Crippen LogP contribution in [0.5, 0.6) is 0 Å². The molecule has 1 fully saturated rings. The number of nitrogens with zero attached hydrogens (tertiary/aromatic N) is 3. The molecule has 7 nitrogen and oxygen atoms in total. The number of anilines is 2. The van der Waals surface area contributed by atoms with Gasteiger partial charge < -0.3 is 24.8 Å². The number of halogens is 2. The topological polar surface area (TPSA) is 71.4 Å². The van der Waals surface area contributed by atoms with Gasteiger partial charge in [-0.25, -0.2) is 0 Å². The van der Waals surface area contributed by atoms with Gasteiger partial charge in [-0.15, -0.1) is 0 Å². The summed E-state index contributed by atoms with van der Waals surface area (Å²) in [5.41, 5.74) is 4.20. The quantitative estimate of drug-likeness (QED) is 0.253. The Morgan fingerprint density at radius 2 is 2.00 bits per heavy atom. The fraction of sp³-hybridized carbons (Fsp3) is 0.148. The standard InChI is InChI=1S/C27H23BrClN5O2S/c1-36-16-24(35)31-21-11-10-19(15-20(21)29)34-26(25(32-27(34)37)22-8-2-3-12-30-22)23-9-5-13-33(23)18-7-4-6-17(28)14-18/h2-15,25-26H,16H2,1H3,(H,31,35)(H,32,37)/t25-,26+/m0/s1. The molecule has 0 spiro atoms. The second kappa shape index (κ2) is 11.0. The van der Waals surface area contributed by atoms with E-state index >= 15 is 0 Å². The number of hydrogen-bond donors (Lipinski definition) is 2. The highest BCUT2D eigenvalue weighted by molar-refractivity contribution is 9.10. The number of rotatable bonds is 7. The van der Waals surface area contributed by atoms with Crippen LogP contribution in [0, 0.1) is 0 Å². The fourth-order valence-electron chi connectivity index (χ4n) is 4.50. The molecule has 188 valence electrons. The molecular weight excluding hydrogens is 574 g/mol. The van der Waals surface area contributed by atoms with Gasteiger partial charge in [0.15, 0.2) is 5.11 Å². The Kier molecular flexibility index (Phi) is 7.57. The Morgan fingerprint density at radius 3 is 2.73 bits per heavy atom. The van der Waals surface area contributed by atoms with E-state index in [0.717, 1.165) is 27.2 Å². The number of carbonyl (C=O) groups is 1. The fourth-order valence-corrected chi connectivity index (χ4v) is 5.46. The molecule has 2 N–H and O–H groups in total. The number of pyridine rings is 1. The summed E-state index contributed by atoms with van der Waals surface area (Å²) in [6.45, 7) is -0.0569. The predicted octanol–water partition coefficient (Wildman–Crippen LogP) is 6.05. The number of nitrogens with one attached hydrogen (secondary N) is 2. The Morgan fingerprint density at radius 1 is 1.14 bits per heavy atom. The lowest BCUT2D eigenvalue weighted by Gasteiger charge is -2.29. The van der Waals surface area contributed by atoms with Crippen LogP contribution in [0.15, 0.2) is 89.7 Å². The molecule has 0 radical (unpaired) electrons. The molecule has 0 aliphatic carbocycles. The first-order chi connectivity index (χ1) is 18.0. The number of ether oxygens (including phenoxy) is 1. The summed E-state index contributed by atoms with van der Waals surface area (Å²) in [5, 5.41) is 7.19. The summed E-state index contributed by atoms with van der Waals surface area (Å²) in [4.78, 5) is 18.7. The third kappa shape index (κ3) is 5.26. The highest BCUT2D eigenvalue weighted by atomic mass is 79.9. The van der Waals surface area contributed by atoms with Crippen molar-refractivity contribution in [1.29, 1.82) is 0 Å². The monoisotopic (exact) mass is 595 g/mol. The number of thiocarbonyl (C=S) groups is 1. The van der Waals surface area contributed by atoms with Crippen molar-refractivity contribution in [2.45, 2.75) is 12.1 Å². The average molecular weight is 597 g/mol. The van der Waals surface area contributed by atoms with Gasteiger partial charge in [-0.05, 0) is 72.9 Å². The van der Waals surface area contributed by atoms with Crippen molar-refractivity contribution >= 4 is 62.1 Å². The van der Waals surface area contributed by atoms with E-state index in [1.165, 1.54) is 7.11 Å². The maximum Gasteiger partial charge on any atom is 0.250 e. The second-order valence-electron chi connectivity index (χ2n) is 8.42.